The van der Waals surface area contributed by atoms with E-state index in [-0.39, 0.29) is 0 Å². The van der Waals surface area contributed by atoms with E-state index in [1.54, 1.807) is 0 Å². The summed E-state index contributed by atoms with van der Waals surface area (Å²) < 4.78 is 5.95. The van der Waals surface area contributed by atoms with Crippen molar-refractivity contribution in [1.82, 2.24) is 5.32 Å². The van der Waals surface area contributed by atoms with Crippen molar-refractivity contribution in [1.29, 1.82) is 0 Å². The SMILES string of the molecule is CCCC(OCC)C(NCC)C1CCCC1. The van der Waals surface area contributed by atoms with Gasteiger partial charge in [0.05, 0.1) is 6.10 Å². The second-order valence-corrected chi connectivity index (χ2v) is 4.91. The van der Waals surface area contributed by atoms with E-state index in [1.807, 2.05) is 0 Å². The molecule has 0 aromatic rings. The van der Waals surface area contributed by atoms with E-state index in [0.717, 1.165) is 19.1 Å². The Labute approximate surface area is 101 Å². The molecular weight excluding hydrogens is 198 g/mol. The molecule has 1 saturated carbocycles. The van der Waals surface area contributed by atoms with Crippen LogP contribution in [-0.2, 0) is 4.74 Å². The molecule has 1 rings (SSSR count). The molecule has 0 aliphatic heterocycles. The van der Waals surface area contributed by atoms with Crippen LogP contribution in [0.4, 0.5) is 0 Å². The molecule has 0 bridgehead atoms. The Bertz CT molecular complexity index is 160. The first-order chi connectivity index (χ1) is 7.83. The minimum atomic E-state index is 0.429. The third-order valence-electron chi connectivity index (χ3n) is 3.70. The van der Waals surface area contributed by atoms with Crippen molar-refractivity contribution in [3.05, 3.63) is 0 Å². The Hall–Kier alpha value is -0.0800. The van der Waals surface area contributed by atoms with Crippen LogP contribution in [0.3, 0.4) is 0 Å². The Kier molecular flexibility index (Phi) is 7.06. The van der Waals surface area contributed by atoms with Crippen LogP contribution < -0.4 is 5.32 Å². The molecule has 1 aliphatic rings. The predicted molar refractivity (Wildman–Crippen MR) is 69.7 cm³/mol. The summed E-state index contributed by atoms with van der Waals surface area (Å²) in [7, 11) is 0. The maximum Gasteiger partial charge on any atom is 0.0730 e. The molecule has 1 aliphatic carbocycles. The second-order valence-electron chi connectivity index (χ2n) is 4.91. The third-order valence-corrected chi connectivity index (χ3v) is 3.70. The summed E-state index contributed by atoms with van der Waals surface area (Å²) in [6, 6.07) is 0.590. The minimum Gasteiger partial charge on any atom is -0.377 e. The van der Waals surface area contributed by atoms with E-state index in [9.17, 15) is 0 Å². The van der Waals surface area contributed by atoms with Gasteiger partial charge in [0.15, 0.2) is 0 Å². The number of hydrogen-bond donors (Lipinski definition) is 1. The molecule has 0 spiro atoms. The van der Waals surface area contributed by atoms with Crippen LogP contribution in [0.2, 0.25) is 0 Å². The average molecular weight is 227 g/mol. The van der Waals surface area contributed by atoms with Crippen LogP contribution in [-0.4, -0.2) is 25.3 Å². The van der Waals surface area contributed by atoms with Crippen LogP contribution in [0.1, 0.15) is 59.3 Å². The molecule has 2 unspecified atom stereocenters. The minimum absolute atomic E-state index is 0.429. The first kappa shape index (κ1) is 14.0. The molecule has 1 fully saturated rings. The van der Waals surface area contributed by atoms with Gasteiger partial charge in [0.25, 0.3) is 0 Å². The maximum atomic E-state index is 5.95. The van der Waals surface area contributed by atoms with Gasteiger partial charge in [-0.3, -0.25) is 0 Å². The van der Waals surface area contributed by atoms with E-state index in [1.165, 1.54) is 38.5 Å². The summed E-state index contributed by atoms with van der Waals surface area (Å²) in [6.45, 7) is 8.48. The zero-order valence-electron chi connectivity index (χ0n) is 11.3. The van der Waals surface area contributed by atoms with Gasteiger partial charge < -0.3 is 10.1 Å². The monoisotopic (exact) mass is 227 g/mol. The van der Waals surface area contributed by atoms with E-state index < -0.39 is 0 Å². The van der Waals surface area contributed by atoms with Gasteiger partial charge in [-0.25, -0.2) is 0 Å². The highest BCUT2D eigenvalue weighted by molar-refractivity contribution is 4.86. The fourth-order valence-electron chi connectivity index (χ4n) is 3.02. The van der Waals surface area contributed by atoms with Gasteiger partial charge in [0, 0.05) is 12.6 Å². The normalized spacial score (nSPS) is 21.2. The standard InChI is InChI=1S/C14H29NO/c1-4-9-13(16-6-3)14(15-5-2)12-10-7-8-11-12/h12-15H,4-11H2,1-3H3. The average Bonchev–Trinajstić information content (AvgIpc) is 2.79. The van der Waals surface area contributed by atoms with Crippen LogP contribution in [0.25, 0.3) is 0 Å². The zero-order chi connectivity index (χ0) is 11.8. The topological polar surface area (TPSA) is 21.3 Å². The molecule has 0 heterocycles. The van der Waals surface area contributed by atoms with Crippen molar-refractivity contribution in [2.24, 2.45) is 5.92 Å². The van der Waals surface area contributed by atoms with E-state index in [0.29, 0.717) is 12.1 Å². The highest BCUT2D eigenvalue weighted by Gasteiger charge is 2.30. The summed E-state index contributed by atoms with van der Waals surface area (Å²) in [5.74, 6) is 0.850. The first-order valence-corrected chi connectivity index (χ1v) is 7.18. The summed E-state index contributed by atoms with van der Waals surface area (Å²) in [5, 5.41) is 3.67. The number of nitrogens with one attached hydrogen (secondary N) is 1. The molecule has 16 heavy (non-hydrogen) atoms. The lowest BCUT2D eigenvalue weighted by Gasteiger charge is -2.32. The van der Waals surface area contributed by atoms with Crippen molar-refractivity contribution in [2.45, 2.75) is 71.4 Å². The largest absolute Gasteiger partial charge is 0.377 e. The summed E-state index contributed by atoms with van der Waals surface area (Å²) >= 11 is 0. The van der Waals surface area contributed by atoms with Crippen molar-refractivity contribution < 1.29 is 4.74 Å². The van der Waals surface area contributed by atoms with Crippen molar-refractivity contribution in [2.75, 3.05) is 13.2 Å². The Balaban J connectivity index is 2.55. The van der Waals surface area contributed by atoms with E-state index in [2.05, 4.69) is 26.1 Å². The van der Waals surface area contributed by atoms with E-state index in [4.69, 9.17) is 4.74 Å². The fourth-order valence-corrected chi connectivity index (χ4v) is 3.02. The molecule has 2 nitrogen and oxygen atoms in total. The molecule has 0 aromatic carbocycles. The van der Waals surface area contributed by atoms with E-state index >= 15 is 0 Å². The highest BCUT2D eigenvalue weighted by Crippen LogP contribution is 2.30. The summed E-state index contributed by atoms with van der Waals surface area (Å²) in [5.41, 5.74) is 0. The molecule has 0 amide bonds. The van der Waals surface area contributed by atoms with Gasteiger partial charge in [-0.05, 0) is 38.6 Å². The molecule has 0 saturated heterocycles. The molecule has 0 aromatic heterocycles. The van der Waals surface area contributed by atoms with Crippen molar-refractivity contribution in [3.63, 3.8) is 0 Å². The van der Waals surface area contributed by atoms with Crippen LogP contribution in [0, 0.1) is 5.92 Å². The number of likely N-dealkylation sites (N-methyl/N-ethyl adjacent to an activating group) is 1. The smallest absolute Gasteiger partial charge is 0.0730 e. The van der Waals surface area contributed by atoms with Crippen LogP contribution in [0.15, 0.2) is 0 Å². The van der Waals surface area contributed by atoms with Crippen molar-refractivity contribution >= 4 is 0 Å². The van der Waals surface area contributed by atoms with Gasteiger partial charge >= 0.3 is 0 Å². The van der Waals surface area contributed by atoms with Gasteiger partial charge in [-0.2, -0.15) is 0 Å². The first-order valence-electron chi connectivity index (χ1n) is 7.18. The predicted octanol–water partition coefficient (Wildman–Crippen LogP) is 3.36. The quantitative estimate of drug-likeness (QED) is 0.686. The highest BCUT2D eigenvalue weighted by atomic mass is 16.5. The molecule has 2 atom stereocenters. The van der Waals surface area contributed by atoms with Gasteiger partial charge in [-0.15, -0.1) is 0 Å². The van der Waals surface area contributed by atoms with Crippen LogP contribution in [0.5, 0.6) is 0 Å². The molecule has 2 heteroatoms. The lowest BCUT2D eigenvalue weighted by atomic mass is 9.91. The second kappa shape index (κ2) is 8.08. The van der Waals surface area contributed by atoms with Gasteiger partial charge in [-0.1, -0.05) is 33.1 Å². The molecule has 96 valence electrons. The fraction of sp³-hybridized carbons (Fsp3) is 1.00. The Morgan fingerprint density at radius 2 is 1.88 bits per heavy atom. The molecular formula is C14H29NO. The van der Waals surface area contributed by atoms with Crippen molar-refractivity contribution in [3.8, 4) is 0 Å². The zero-order valence-corrected chi connectivity index (χ0v) is 11.3. The molecule has 1 N–H and O–H groups in total. The summed E-state index contributed by atoms with van der Waals surface area (Å²) in [6.07, 6.45) is 8.46. The Morgan fingerprint density at radius 1 is 1.19 bits per heavy atom. The van der Waals surface area contributed by atoms with Gasteiger partial charge in [0.2, 0.25) is 0 Å². The lowest BCUT2D eigenvalue weighted by molar-refractivity contribution is 0.0126. The lowest BCUT2D eigenvalue weighted by Crippen LogP contribution is -2.46. The Morgan fingerprint density at radius 3 is 2.38 bits per heavy atom. The molecule has 0 radical (unpaired) electrons. The maximum absolute atomic E-state index is 5.95. The number of hydrogen-bond acceptors (Lipinski definition) is 2. The van der Waals surface area contributed by atoms with Crippen LogP contribution >= 0.6 is 0 Å². The van der Waals surface area contributed by atoms with Gasteiger partial charge in [0.1, 0.15) is 0 Å². The number of ether oxygens (including phenoxy) is 1. The number of rotatable bonds is 8. The third kappa shape index (κ3) is 4.06. The summed E-state index contributed by atoms with van der Waals surface area (Å²) in [4.78, 5) is 0.